The summed E-state index contributed by atoms with van der Waals surface area (Å²) in [4.78, 5) is 14.9. The molecule has 142 valence electrons. The van der Waals surface area contributed by atoms with Gasteiger partial charge in [0, 0.05) is 32.1 Å². The molecule has 0 saturated carbocycles. The van der Waals surface area contributed by atoms with E-state index in [1.807, 2.05) is 46.0 Å². The molecule has 2 aromatic rings. The summed E-state index contributed by atoms with van der Waals surface area (Å²) in [5.74, 6) is -0.0108. The van der Waals surface area contributed by atoms with Gasteiger partial charge in [-0.25, -0.2) is 0 Å². The van der Waals surface area contributed by atoms with Crippen molar-refractivity contribution in [2.45, 2.75) is 52.4 Å². The van der Waals surface area contributed by atoms with Gasteiger partial charge in [0.1, 0.15) is 5.69 Å². The fraction of sp³-hybridized carbons (Fsp3) is 0.476. The molecule has 0 radical (unpaired) electrons. The smallest absolute Gasteiger partial charge is 0.272 e. The van der Waals surface area contributed by atoms with Gasteiger partial charge in [-0.2, -0.15) is 10.4 Å². The van der Waals surface area contributed by atoms with Gasteiger partial charge in [-0.1, -0.05) is 12.1 Å². The van der Waals surface area contributed by atoms with E-state index in [9.17, 15) is 4.79 Å². The lowest BCUT2D eigenvalue weighted by Gasteiger charge is -2.25. The number of aromatic nitrogens is 2. The summed E-state index contributed by atoms with van der Waals surface area (Å²) in [6.45, 7) is 7.24. The van der Waals surface area contributed by atoms with Gasteiger partial charge < -0.3 is 9.64 Å². The van der Waals surface area contributed by atoms with Gasteiger partial charge in [0.25, 0.3) is 5.91 Å². The van der Waals surface area contributed by atoms with Crippen molar-refractivity contribution in [3.8, 4) is 6.07 Å². The Hall–Kier alpha value is -2.65. The van der Waals surface area contributed by atoms with Crippen LogP contribution in [0.3, 0.4) is 0 Å². The van der Waals surface area contributed by atoms with Gasteiger partial charge in [-0.15, -0.1) is 0 Å². The third-order valence-electron chi connectivity index (χ3n) is 5.04. The molecule has 6 heteroatoms. The average molecular weight is 366 g/mol. The second-order valence-electron chi connectivity index (χ2n) is 7.11. The van der Waals surface area contributed by atoms with E-state index < -0.39 is 0 Å². The van der Waals surface area contributed by atoms with Crippen molar-refractivity contribution in [2.75, 3.05) is 13.6 Å². The molecular formula is C21H26N4O2. The molecular weight excluding hydrogens is 340 g/mol. The molecule has 3 rings (SSSR count). The van der Waals surface area contributed by atoms with Crippen molar-refractivity contribution >= 4 is 5.91 Å². The van der Waals surface area contributed by atoms with E-state index in [-0.39, 0.29) is 18.1 Å². The van der Waals surface area contributed by atoms with Crippen LogP contribution in [0, 0.1) is 11.3 Å². The maximum Gasteiger partial charge on any atom is 0.272 e. The highest BCUT2D eigenvalue weighted by Gasteiger charge is 2.32. The number of nitriles is 1. The molecule has 0 fully saturated rings. The van der Waals surface area contributed by atoms with Crippen molar-refractivity contribution < 1.29 is 9.53 Å². The first kappa shape index (κ1) is 19.1. The Morgan fingerprint density at radius 3 is 2.93 bits per heavy atom. The van der Waals surface area contributed by atoms with Crippen molar-refractivity contribution in [3.05, 3.63) is 52.3 Å². The predicted molar refractivity (Wildman–Crippen MR) is 102 cm³/mol. The number of benzene rings is 1. The van der Waals surface area contributed by atoms with Gasteiger partial charge in [0.15, 0.2) is 0 Å². The minimum atomic E-state index is -0.0953. The van der Waals surface area contributed by atoms with Gasteiger partial charge in [0.05, 0.1) is 29.5 Å². The summed E-state index contributed by atoms with van der Waals surface area (Å²) < 4.78 is 7.67. The van der Waals surface area contributed by atoms with Crippen LogP contribution in [0.2, 0.25) is 0 Å². The zero-order valence-corrected chi connectivity index (χ0v) is 16.4. The fourth-order valence-corrected chi connectivity index (χ4v) is 3.64. The molecule has 0 saturated heterocycles. The van der Waals surface area contributed by atoms with E-state index >= 15 is 0 Å². The average Bonchev–Trinajstić information content (AvgIpc) is 3.04. The number of fused-ring (bicyclic) bond motifs is 1. The number of carbonyl (C=O) groups excluding carboxylic acids is 1. The Morgan fingerprint density at radius 1 is 1.44 bits per heavy atom. The van der Waals surface area contributed by atoms with Crippen molar-refractivity contribution in [3.63, 3.8) is 0 Å². The van der Waals surface area contributed by atoms with Crippen LogP contribution in [-0.4, -0.2) is 40.3 Å². The summed E-state index contributed by atoms with van der Waals surface area (Å²) in [7, 11) is 1.82. The minimum Gasteiger partial charge on any atom is -0.369 e. The largest absolute Gasteiger partial charge is 0.369 e. The third kappa shape index (κ3) is 3.88. The normalized spacial score (nSPS) is 18.6. The number of hydrogen-bond donors (Lipinski definition) is 0. The summed E-state index contributed by atoms with van der Waals surface area (Å²) in [5.41, 5.74) is 4.28. The number of ether oxygens (including phenoxy) is 1. The molecule has 2 heterocycles. The van der Waals surface area contributed by atoms with Crippen LogP contribution in [0.4, 0.5) is 0 Å². The Morgan fingerprint density at radius 2 is 2.22 bits per heavy atom. The van der Waals surface area contributed by atoms with E-state index in [1.54, 1.807) is 15.6 Å². The number of carbonyl (C=O) groups is 1. The molecule has 6 nitrogen and oxygen atoms in total. The third-order valence-corrected chi connectivity index (χ3v) is 5.04. The van der Waals surface area contributed by atoms with E-state index in [0.717, 1.165) is 16.8 Å². The number of hydrogen-bond acceptors (Lipinski definition) is 4. The first-order valence-electron chi connectivity index (χ1n) is 9.44. The quantitative estimate of drug-likeness (QED) is 0.815. The monoisotopic (exact) mass is 366 g/mol. The number of amides is 1. The molecule has 1 aliphatic heterocycles. The van der Waals surface area contributed by atoms with Gasteiger partial charge in [-0.05, 0) is 44.9 Å². The molecule has 1 aromatic heterocycles. The maximum atomic E-state index is 13.2. The van der Waals surface area contributed by atoms with Crippen LogP contribution in [0.1, 0.15) is 59.7 Å². The highest BCUT2D eigenvalue weighted by molar-refractivity contribution is 5.94. The highest BCUT2D eigenvalue weighted by atomic mass is 16.5. The number of aryl methyl sites for hydroxylation is 1. The molecule has 27 heavy (non-hydrogen) atoms. The van der Waals surface area contributed by atoms with Gasteiger partial charge in [-0.3, -0.25) is 9.48 Å². The molecule has 1 amide bonds. The molecule has 0 bridgehead atoms. The van der Waals surface area contributed by atoms with Crippen LogP contribution in [0.5, 0.6) is 0 Å². The lowest BCUT2D eigenvalue weighted by molar-refractivity contribution is -0.00715. The second-order valence-corrected chi connectivity index (χ2v) is 7.11. The zero-order chi connectivity index (χ0) is 19.6. The summed E-state index contributed by atoms with van der Waals surface area (Å²) in [6, 6.07) is 9.67. The maximum absolute atomic E-state index is 13.2. The van der Waals surface area contributed by atoms with E-state index in [2.05, 4.69) is 11.2 Å². The van der Waals surface area contributed by atoms with Crippen LogP contribution in [0.25, 0.3) is 0 Å². The molecule has 1 aromatic carbocycles. The van der Waals surface area contributed by atoms with Crippen LogP contribution in [-0.2, 0) is 24.1 Å². The van der Waals surface area contributed by atoms with Crippen molar-refractivity contribution in [1.82, 2.24) is 14.7 Å². The molecule has 1 aliphatic rings. The Labute approximate surface area is 160 Å². The van der Waals surface area contributed by atoms with Crippen LogP contribution >= 0.6 is 0 Å². The Bertz CT molecular complexity index is 881. The molecule has 0 aliphatic carbocycles. The summed E-state index contributed by atoms with van der Waals surface area (Å²) >= 11 is 0. The first-order chi connectivity index (χ1) is 12.9. The molecule has 0 N–H and O–H groups in total. The van der Waals surface area contributed by atoms with Gasteiger partial charge in [0.2, 0.25) is 0 Å². The molecule has 2 atom stereocenters. The Kier molecular flexibility index (Phi) is 5.62. The first-order valence-corrected chi connectivity index (χ1v) is 9.44. The number of likely N-dealkylation sites (N-methyl/N-ethyl adjacent to an activating group) is 1. The van der Waals surface area contributed by atoms with E-state index in [1.165, 1.54) is 0 Å². The SMILES string of the molecule is CCn1nc2c(c1C(=O)N(C)CCc1cccc(C#N)c1)C[C@H](C)O[C@@H]2C. The van der Waals surface area contributed by atoms with Crippen LogP contribution < -0.4 is 0 Å². The van der Waals surface area contributed by atoms with Gasteiger partial charge >= 0.3 is 0 Å². The number of rotatable bonds is 5. The number of nitrogens with zero attached hydrogens (tertiary/aromatic N) is 4. The summed E-state index contributed by atoms with van der Waals surface area (Å²) in [5, 5.41) is 13.7. The Balaban J connectivity index is 1.80. The minimum absolute atomic E-state index is 0.0108. The predicted octanol–water partition coefficient (Wildman–Crippen LogP) is 3.11. The van der Waals surface area contributed by atoms with Crippen molar-refractivity contribution in [1.29, 1.82) is 5.26 Å². The topological polar surface area (TPSA) is 71.2 Å². The lowest BCUT2D eigenvalue weighted by atomic mass is 9.99. The highest BCUT2D eigenvalue weighted by Crippen LogP contribution is 2.32. The fourth-order valence-electron chi connectivity index (χ4n) is 3.64. The summed E-state index contributed by atoms with van der Waals surface area (Å²) in [6.07, 6.45) is 1.39. The molecule has 0 unspecified atom stereocenters. The second kappa shape index (κ2) is 7.93. The molecule has 0 spiro atoms. The lowest BCUT2D eigenvalue weighted by Crippen LogP contribution is -2.32. The van der Waals surface area contributed by atoms with E-state index in [0.29, 0.717) is 37.2 Å². The van der Waals surface area contributed by atoms with Crippen LogP contribution in [0.15, 0.2) is 24.3 Å². The van der Waals surface area contributed by atoms with E-state index in [4.69, 9.17) is 10.00 Å². The van der Waals surface area contributed by atoms with Crippen molar-refractivity contribution in [2.24, 2.45) is 0 Å². The standard InChI is InChI=1S/C21H26N4O2/c1-5-25-20(18-11-14(2)27-15(3)19(18)23-25)21(26)24(4)10-9-16-7-6-8-17(12-16)13-22/h6-8,12,14-15H,5,9-11H2,1-4H3/t14-,15+/m0/s1. The zero-order valence-electron chi connectivity index (χ0n) is 16.4.